The molecule has 8 nitrogen and oxygen atoms in total. The Bertz CT molecular complexity index is 1030. The van der Waals surface area contributed by atoms with Gasteiger partial charge in [-0.1, -0.05) is 18.2 Å². The van der Waals surface area contributed by atoms with Gasteiger partial charge in [0.1, 0.15) is 5.00 Å². The number of aryl methyl sites for hydroxylation is 2. The van der Waals surface area contributed by atoms with Gasteiger partial charge in [0.25, 0.3) is 0 Å². The molecule has 0 saturated carbocycles. The van der Waals surface area contributed by atoms with Gasteiger partial charge in [0.15, 0.2) is 0 Å². The molecule has 1 aliphatic rings. The first-order chi connectivity index (χ1) is 14.0. The smallest absolute Gasteiger partial charge is 0.324 e. The van der Waals surface area contributed by atoms with E-state index in [9.17, 15) is 9.59 Å². The van der Waals surface area contributed by atoms with Crippen LogP contribution < -0.4 is 11.0 Å². The Morgan fingerprint density at radius 2 is 1.86 bits per heavy atom. The van der Waals surface area contributed by atoms with Crippen molar-refractivity contribution in [2.24, 2.45) is 0 Å². The number of hydrogen-bond donors (Lipinski definition) is 1. The van der Waals surface area contributed by atoms with Crippen LogP contribution in [0.1, 0.15) is 30.0 Å². The van der Waals surface area contributed by atoms with Crippen molar-refractivity contribution in [3.63, 3.8) is 0 Å². The molecule has 4 rings (SSSR count). The quantitative estimate of drug-likeness (QED) is 0.696. The van der Waals surface area contributed by atoms with E-state index in [1.54, 1.807) is 0 Å². The summed E-state index contributed by atoms with van der Waals surface area (Å²) in [5, 5.41) is 13.8. The van der Waals surface area contributed by atoms with Crippen LogP contribution in [0, 0.1) is 13.8 Å². The molecule has 29 heavy (non-hydrogen) atoms. The first-order valence-corrected chi connectivity index (χ1v) is 10.6. The summed E-state index contributed by atoms with van der Waals surface area (Å²) in [6.45, 7) is 5.81. The summed E-state index contributed by atoms with van der Waals surface area (Å²) in [5.74, 6) is -0.0124. The number of piperidine rings is 1. The predicted molar refractivity (Wildman–Crippen MR) is 113 cm³/mol. The van der Waals surface area contributed by atoms with Gasteiger partial charge in [0.2, 0.25) is 5.91 Å². The van der Waals surface area contributed by atoms with Gasteiger partial charge in [-0.25, -0.2) is 4.79 Å². The number of nitrogens with zero attached hydrogens (tertiary/aromatic N) is 5. The van der Waals surface area contributed by atoms with E-state index in [0.29, 0.717) is 6.54 Å². The number of aromatic nitrogens is 4. The number of carbonyl (C=O) groups is 1. The van der Waals surface area contributed by atoms with Crippen molar-refractivity contribution < 1.29 is 4.79 Å². The second kappa shape index (κ2) is 8.30. The lowest BCUT2D eigenvalue weighted by Gasteiger charge is -2.30. The van der Waals surface area contributed by atoms with E-state index in [4.69, 9.17) is 0 Å². The van der Waals surface area contributed by atoms with Gasteiger partial charge in [-0.15, -0.1) is 11.3 Å². The number of amides is 1. The molecule has 0 bridgehead atoms. The highest BCUT2D eigenvalue weighted by molar-refractivity contribution is 7.12. The molecule has 1 aliphatic heterocycles. The number of hydrogen-bond acceptors (Lipinski definition) is 6. The van der Waals surface area contributed by atoms with Crippen molar-refractivity contribution in [1.82, 2.24) is 24.7 Å². The Hall–Kier alpha value is -2.78. The highest BCUT2D eigenvalue weighted by Crippen LogP contribution is 2.22. The van der Waals surface area contributed by atoms with Crippen LogP contribution in [0.3, 0.4) is 0 Å². The highest BCUT2D eigenvalue weighted by Gasteiger charge is 2.25. The van der Waals surface area contributed by atoms with Gasteiger partial charge >= 0.3 is 5.69 Å². The molecule has 0 spiro atoms. The minimum absolute atomic E-state index is 0.00846. The molecule has 0 unspecified atom stereocenters. The molecule has 3 aromatic rings. The van der Waals surface area contributed by atoms with Crippen molar-refractivity contribution in [2.45, 2.75) is 32.7 Å². The fourth-order valence-electron chi connectivity index (χ4n) is 3.73. The number of likely N-dealkylation sites (tertiary alicyclic amines) is 1. The molecule has 152 valence electrons. The summed E-state index contributed by atoms with van der Waals surface area (Å²) in [4.78, 5) is 27.2. The zero-order chi connectivity index (χ0) is 20.4. The van der Waals surface area contributed by atoms with Crippen LogP contribution in [-0.2, 0) is 4.79 Å². The maximum Gasteiger partial charge on any atom is 0.369 e. The number of tetrazole rings is 1. The maximum absolute atomic E-state index is 12.6. The monoisotopic (exact) mass is 412 g/mol. The molecule has 3 heterocycles. The van der Waals surface area contributed by atoms with E-state index in [1.807, 2.05) is 49.6 Å². The van der Waals surface area contributed by atoms with Crippen LogP contribution in [-0.4, -0.2) is 50.2 Å². The van der Waals surface area contributed by atoms with E-state index in [1.165, 1.54) is 20.7 Å². The lowest BCUT2D eigenvalue weighted by atomic mass is 10.1. The molecule has 2 aromatic heterocycles. The Morgan fingerprint density at radius 3 is 2.52 bits per heavy atom. The highest BCUT2D eigenvalue weighted by atomic mass is 32.1. The SMILES string of the molecule is Cc1cccc(C)c1NC(=O)CN1CCC(n2nnn(-c3cccs3)c2=O)CC1. The minimum Gasteiger partial charge on any atom is -0.324 e. The second-order valence-corrected chi connectivity index (χ2v) is 8.32. The van der Waals surface area contributed by atoms with E-state index in [2.05, 4.69) is 20.6 Å². The summed E-state index contributed by atoms with van der Waals surface area (Å²) >= 11 is 1.45. The van der Waals surface area contributed by atoms with Gasteiger partial charge < -0.3 is 5.32 Å². The molecule has 0 radical (unpaired) electrons. The van der Waals surface area contributed by atoms with E-state index in [-0.39, 0.29) is 17.6 Å². The summed E-state index contributed by atoms with van der Waals surface area (Å²) in [5.41, 5.74) is 2.80. The van der Waals surface area contributed by atoms with Gasteiger partial charge in [0, 0.05) is 18.8 Å². The number of thiophene rings is 1. The number of benzene rings is 1. The molecular weight excluding hydrogens is 388 g/mol. The van der Waals surface area contributed by atoms with Gasteiger partial charge in [0.05, 0.1) is 12.6 Å². The third kappa shape index (κ3) is 4.15. The Labute approximate surface area is 172 Å². The minimum atomic E-state index is -0.210. The summed E-state index contributed by atoms with van der Waals surface area (Å²) in [7, 11) is 0. The van der Waals surface area contributed by atoms with Gasteiger partial charge in [-0.05, 0) is 65.8 Å². The summed E-state index contributed by atoms with van der Waals surface area (Å²) < 4.78 is 2.82. The number of anilines is 1. The van der Waals surface area contributed by atoms with E-state index >= 15 is 0 Å². The normalized spacial score (nSPS) is 15.5. The fourth-order valence-corrected chi connectivity index (χ4v) is 4.40. The van der Waals surface area contributed by atoms with Crippen LogP contribution in [0.5, 0.6) is 0 Å². The third-order valence-corrected chi connectivity index (χ3v) is 6.18. The van der Waals surface area contributed by atoms with Crippen LogP contribution in [0.15, 0.2) is 40.5 Å². The van der Waals surface area contributed by atoms with Crippen molar-refractivity contribution >= 4 is 22.9 Å². The van der Waals surface area contributed by atoms with E-state index in [0.717, 1.165) is 47.7 Å². The van der Waals surface area contributed by atoms with Crippen LogP contribution in [0.4, 0.5) is 5.69 Å². The summed E-state index contributed by atoms with van der Waals surface area (Å²) in [6, 6.07) is 9.72. The molecule has 9 heteroatoms. The average molecular weight is 413 g/mol. The molecular formula is C20H24N6O2S. The number of nitrogens with one attached hydrogen (secondary N) is 1. The third-order valence-electron chi connectivity index (χ3n) is 5.33. The number of para-hydroxylation sites is 1. The van der Waals surface area contributed by atoms with Crippen molar-refractivity contribution in [2.75, 3.05) is 25.0 Å². The predicted octanol–water partition coefficient (Wildman–Crippen LogP) is 2.38. The lowest BCUT2D eigenvalue weighted by molar-refractivity contribution is -0.117. The molecule has 0 atom stereocenters. The standard InChI is InChI=1S/C20H24N6O2S/c1-14-5-3-6-15(2)19(14)21-17(27)13-24-10-8-16(9-11-24)25-20(28)26(23-22-25)18-7-4-12-29-18/h3-7,12,16H,8-11,13H2,1-2H3,(H,21,27). The molecule has 1 fully saturated rings. The van der Waals surface area contributed by atoms with E-state index < -0.39 is 0 Å². The molecule has 1 amide bonds. The Kier molecular flexibility index (Phi) is 5.59. The van der Waals surface area contributed by atoms with Crippen molar-refractivity contribution in [1.29, 1.82) is 0 Å². The lowest BCUT2D eigenvalue weighted by Crippen LogP contribution is -2.41. The summed E-state index contributed by atoms with van der Waals surface area (Å²) in [6.07, 6.45) is 1.53. The molecule has 0 aliphatic carbocycles. The zero-order valence-electron chi connectivity index (χ0n) is 16.5. The van der Waals surface area contributed by atoms with Gasteiger partial charge in [-0.2, -0.15) is 9.36 Å². The van der Waals surface area contributed by atoms with Crippen LogP contribution >= 0.6 is 11.3 Å². The molecule has 1 saturated heterocycles. The van der Waals surface area contributed by atoms with Crippen molar-refractivity contribution in [3.8, 4) is 5.00 Å². The van der Waals surface area contributed by atoms with Crippen LogP contribution in [0.2, 0.25) is 0 Å². The maximum atomic E-state index is 12.6. The first-order valence-electron chi connectivity index (χ1n) is 9.70. The largest absolute Gasteiger partial charge is 0.369 e. The van der Waals surface area contributed by atoms with Crippen molar-refractivity contribution in [3.05, 3.63) is 57.3 Å². The Morgan fingerprint density at radius 1 is 1.14 bits per heavy atom. The first kappa shape index (κ1) is 19.5. The number of rotatable bonds is 5. The topological polar surface area (TPSA) is 85.1 Å². The number of carbonyl (C=O) groups excluding carboxylic acids is 1. The average Bonchev–Trinajstić information content (AvgIpc) is 3.35. The molecule has 1 aromatic carbocycles. The van der Waals surface area contributed by atoms with Crippen LogP contribution in [0.25, 0.3) is 5.00 Å². The fraction of sp³-hybridized carbons (Fsp3) is 0.400. The zero-order valence-corrected chi connectivity index (χ0v) is 17.4. The Balaban J connectivity index is 1.34. The van der Waals surface area contributed by atoms with Gasteiger partial charge in [-0.3, -0.25) is 9.69 Å². The molecule has 1 N–H and O–H groups in total. The second-order valence-electron chi connectivity index (χ2n) is 7.39.